The molecular formula is C29H25N3O6. The van der Waals surface area contributed by atoms with E-state index in [1.807, 2.05) is 55.6 Å². The highest BCUT2D eigenvalue weighted by molar-refractivity contribution is 6.46. The number of nitro benzene ring substituents is 1. The molecule has 9 nitrogen and oxygen atoms in total. The summed E-state index contributed by atoms with van der Waals surface area (Å²) in [7, 11) is 1.60. The maximum absolute atomic E-state index is 13.3. The fourth-order valence-corrected chi connectivity index (χ4v) is 4.83. The molecule has 0 spiro atoms. The van der Waals surface area contributed by atoms with Gasteiger partial charge in [0.1, 0.15) is 11.5 Å². The number of benzene rings is 3. The van der Waals surface area contributed by atoms with Crippen LogP contribution in [0.5, 0.6) is 5.75 Å². The zero-order valence-corrected chi connectivity index (χ0v) is 20.8. The molecule has 2 heterocycles. The molecular weight excluding hydrogens is 486 g/mol. The number of non-ortho nitro benzene ring substituents is 1. The molecule has 1 aliphatic rings. The number of ketones is 1. The van der Waals surface area contributed by atoms with E-state index in [2.05, 4.69) is 4.98 Å². The summed E-state index contributed by atoms with van der Waals surface area (Å²) in [6.07, 6.45) is 2.33. The number of hydrogen-bond acceptors (Lipinski definition) is 6. The Kier molecular flexibility index (Phi) is 6.42. The molecule has 1 fully saturated rings. The number of nitrogens with zero attached hydrogens (tertiary/aromatic N) is 2. The van der Waals surface area contributed by atoms with Gasteiger partial charge in [0.15, 0.2) is 0 Å². The van der Waals surface area contributed by atoms with E-state index in [1.165, 1.54) is 29.2 Å². The van der Waals surface area contributed by atoms with Gasteiger partial charge in [0.2, 0.25) is 0 Å². The van der Waals surface area contributed by atoms with E-state index in [0.717, 1.165) is 22.0 Å². The Morgan fingerprint density at radius 3 is 2.45 bits per heavy atom. The van der Waals surface area contributed by atoms with Gasteiger partial charge in [-0.05, 0) is 54.8 Å². The van der Waals surface area contributed by atoms with Crippen molar-refractivity contribution in [3.63, 3.8) is 0 Å². The van der Waals surface area contributed by atoms with Crippen LogP contribution >= 0.6 is 0 Å². The molecule has 1 aliphatic heterocycles. The van der Waals surface area contributed by atoms with E-state index in [-0.39, 0.29) is 29.1 Å². The Morgan fingerprint density at radius 2 is 1.79 bits per heavy atom. The monoisotopic (exact) mass is 511 g/mol. The summed E-state index contributed by atoms with van der Waals surface area (Å²) in [6, 6.07) is 17.5. The zero-order valence-electron chi connectivity index (χ0n) is 20.8. The van der Waals surface area contributed by atoms with Crippen LogP contribution in [0.4, 0.5) is 5.69 Å². The molecule has 0 saturated carbocycles. The van der Waals surface area contributed by atoms with Crippen molar-refractivity contribution in [3.8, 4) is 5.75 Å². The van der Waals surface area contributed by atoms with Crippen LogP contribution in [0.3, 0.4) is 0 Å². The standard InChI is InChI=1S/C29H25N3O6/c1-17-3-5-18(6-4-17)26-25(27(33)19-7-9-21(10-8-19)32(36)37)28(34)29(35)31(26)14-13-20-16-30-24-12-11-22(38-2)15-23(20)24/h3-12,15-16,26,30,33H,13-14H2,1-2H3/b27-25-. The number of methoxy groups -OCH3 is 1. The van der Waals surface area contributed by atoms with Crippen LogP contribution in [0, 0.1) is 17.0 Å². The van der Waals surface area contributed by atoms with E-state index in [9.17, 15) is 24.8 Å². The van der Waals surface area contributed by atoms with Gasteiger partial charge in [0.25, 0.3) is 17.4 Å². The molecule has 0 aliphatic carbocycles. The van der Waals surface area contributed by atoms with Crippen LogP contribution in [0.15, 0.2) is 78.5 Å². The number of carbonyl (C=O) groups excluding carboxylic acids is 2. The van der Waals surface area contributed by atoms with Crippen LogP contribution in [0.25, 0.3) is 16.7 Å². The number of fused-ring (bicyclic) bond motifs is 1. The minimum atomic E-state index is -0.814. The Balaban J connectivity index is 1.54. The summed E-state index contributed by atoms with van der Waals surface area (Å²) in [5.41, 5.74) is 3.60. The number of aliphatic hydroxyl groups excluding tert-OH is 1. The minimum absolute atomic E-state index is 0.0479. The Labute approximate surface area is 218 Å². The Morgan fingerprint density at radius 1 is 1.08 bits per heavy atom. The van der Waals surface area contributed by atoms with E-state index in [4.69, 9.17) is 4.74 Å². The van der Waals surface area contributed by atoms with Crippen LogP contribution in [0.1, 0.15) is 28.3 Å². The van der Waals surface area contributed by atoms with Gasteiger partial charge in [-0.3, -0.25) is 19.7 Å². The van der Waals surface area contributed by atoms with E-state index >= 15 is 0 Å². The summed E-state index contributed by atoms with van der Waals surface area (Å²) in [6.45, 7) is 2.16. The van der Waals surface area contributed by atoms with Gasteiger partial charge in [-0.1, -0.05) is 29.8 Å². The number of hydrogen-bond donors (Lipinski definition) is 2. The predicted octanol–water partition coefficient (Wildman–Crippen LogP) is 5.06. The van der Waals surface area contributed by atoms with Gasteiger partial charge >= 0.3 is 0 Å². The van der Waals surface area contributed by atoms with Crippen LogP contribution < -0.4 is 4.74 Å². The second-order valence-electron chi connectivity index (χ2n) is 9.18. The first-order valence-electron chi connectivity index (χ1n) is 12.0. The Bertz CT molecular complexity index is 1590. The average molecular weight is 512 g/mol. The number of H-pyrrole nitrogens is 1. The van der Waals surface area contributed by atoms with Crippen LogP contribution in [0.2, 0.25) is 0 Å². The van der Waals surface area contributed by atoms with Gasteiger partial charge < -0.3 is 19.7 Å². The number of carbonyl (C=O) groups is 2. The quantitative estimate of drug-likeness (QED) is 0.117. The summed E-state index contributed by atoms with van der Waals surface area (Å²) in [5.74, 6) is -1.17. The van der Waals surface area contributed by atoms with E-state index in [0.29, 0.717) is 17.7 Å². The zero-order chi connectivity index (χ0) is 27.0. The van der Waals surface area contributed by atoms with Gasteiger partial charge in [-0.2, -0.15) is 0 Å². The lowest BCUT2D eigenvalue weighted by Crippen LogP contribution is -2.31. The average Bonchev–Trinajstić information content (AvgIpc) is 3.44. The summed E-state index contributed by atoms with van der Waals surface area (Å²) < 4.78 is 5.35. The van der Waals surface area contributed by atoms with Gasteiger partial charge in [0, 0.05) is 41.3 Å². The lowest BCUT2D eigenvalue weighted by molar-refractivity contribution is -0.384. The van der Waals surface area contributed by atoms with Gasteiger partial charge in [-0.25, -0.2) is 0 Å². The predicted molar refractivity (Wildman–Crippen MR) is 142 cm³/mol. The molecule has 1 unspecified atom stereocenters. The molecule has 5 rings (SSSR count). The van der Waals surface area contributed by atoms with Crippen molar-refractivity contribution in [1.29, 1.82) is 0 Å². The van der Waals surface area contributed by atoms with Crippen molar-refractivity contribution < 1.29 is 24.4 Å². The van der Waals surface area contributed by atoms with Crippen LogP contribution in [-0.2, 0) is 16.0 Å². The van der Waals surface area contributed by atoms with Crippen molar-refractivity contribution in [1.82, 2.24) is 9.88 Å². The van der Waals surface area contributed by atoms with Gasteiger partial charge in [-0.15, -0.1) is 0 Å². The highest BCUT2D eigenvalue weighted by Crippen LogP contribution is 2.40. The van der Waals surface area contributed by atoms with Crippen molar-refractivity contribution in [3.05, 3.63) is 111 Å². The maximum atomic E-state index is 13.3. The molecule has 1 aromatic heterocycles. The smallest absolute Gasteiger partial charge is 0.295 e. The lowest BCUT2D eigenvalue weighted by Gasteiger charge is -2.25. The second-order valence-corrected chi connectivity index (χ2v) is 9.18. The Hall–Kier alpha value is -4.92. The topological polar surface area (TPSA) is 126 Å². The number of nitrogens with one attached hydrogen (secondary N) is 1. The lowest BCUT2D eigenvalue weighted by atomic mass is 9.94. The number of rotatable bonds is 7. The third-order valence-electron chi connectivity index (χ3n) is 6.88. The van der Waals surface area contributed by atoms with E-state index in [1.54, 1.807) is 7.11 Å². The number of aromatic nitrogens is 1. The summed E-state index contributed by atoms with van der Waals surface area (Å²) >= 11 is 0. The highest BCUT2D eigenvalue weighted by atomic mass is 16.6. The third kappa shape index (κ3) is 4.39. The van der Waals surface area contributed by atoms with Crippen molar-refractivity contribution >= 4 is 34.0 Å². The van der Waals surface area contributed by atoms with E-state index < -0.39 is 22.7 Å². The number of aryl methyl sites for hydroxylation is 1. The SMILES string of the molecule is COc1ccc2[nH]cc(CCN3C(=O)C(=O)/C(=C(\O)c4ccc([N+](=O)[O-])cc4)C3c3ccc(C)cc3)c2c1. The number of Topliss-reactive ketones (excluding diaryl/α,β-unsaturated/α-hetero) is 1. The summed E-state index contributed by atoms with van der Waals surface area (Å²) in [4.78, 5) is 41.8. The largest absolute Gasteiger partial charge is 0.507 e. The molecule has 1 amide bonds. The molecule has 9 heteroatoms. The molecule has 38 heavy (non-hydrogen) atoms. The van der Waals surface area contributed by atoms with Gasteiger partial charge in [0.05, 0.1) is 23.6 Å². The molecule has 0 radical (unpaired) electrons. The molecule has 2 N–H and O–H groups in total. The van der Waals surface area contributed by atoms with Crippen molar-refractivity contribution in [2.75, 3.05) is 13.7 Å². The first-order valence-corrected chi connectivity index (χ1v) is 12.0. The maximum Gasteiger partial charge on any atom is 0.295 e. The summed E-state index contributed by atoms with van der Waals surface area (Å²) in [5, 5.41) is 23.2. The van der Waals surface area contributed by atoms with Crippen molar-refractivity contribution in [2.24, 2.45) is 0 Å². The number of aromatic amines is 1. The number of amides is 1. The number of nitro groups is 1. The molecule has 4 aromatic rings. The molecule has 0 bridgehead atoms. The number of ether oxygens (including phenoxy) is 1. The number of likely N-dealkylation sites (tertiary alicyclic amines) is 1. The fraction of sp³-hybridized carbons (Fsp3) is 0.172. The molecule has 1 atom stereocenters. The molecule has 3 aromatic carbocycles. The first kappa shape index (κ1) is 24.8. The van der Waals surface area contributed by atoms with Crippen LogP contribution in [-0.4, -0.2) is 45.3 Å². The second kappa shape index (κ2) is 9.85. The van der Waals surface area contributed by atoms with Crippen molar-refractivity contribution in [2.45, 2.75) is 19.4 Å². The first-order chi connectivity index (χ1) is 18.3. The minimum Gasteiger partial charge on any atom is -0.507 e. The molecule has 1 saturated heterocycles. The highest BCUT2D eigenvalue weighted by Gasteiger charge is 2.45. The third-order valence-corrected chi connectivity index (χ3v) is 6.88. The number of aliphatic hydroxyl groups is 1. The fourth-order valence-electron chi connectivity index (χ4n) is 4.83. The molecule has 192 valence electrons. The normalized spacial score (nSPS) is 16.8.